The predicted molar refractivity (Wildman–Crippen MR) is 107 cm³/mol. The maximum Gasteiger partial charge on any atom is 0.253 e. The number of nitrogens with one attached hydrogen (secondary N) is 2. The average molecular weight is 411 g/mol. The Morgan fingerprint density at radius 1 is 0.931 bits per heavy atom. The fourth-order valence-electron chi connectivity index (χ4n) is 2.45. The van der Waals surface area contributed by atoms with Gasteiger partial charge in [0.25, 0.3) is 11.8 Å². The molecule has 29 heavy (non-hydrogen) atoms. The summed E-state index contributed by atoms with van der Waals surface area (Å²) >= 11 is 0. The van der Waals surface area contributed by atoms with E-state index in [1.807, 2.05) is 0 Å². The van der Waals surface area contributed by atoms with E-state index in [0.717, 1.165) is 17.7 Å². The molecule has 1 aliphatic rings. The summed E-state index contributed by atoms with van der Waals surface area (Å²) in [6, 6.07) is 0. The van der Waals surface area contributed by atoms with E-state index in [1.54, 1.807) is 0 Å². The van der Waals surface area contributed by atoms with Crippen molar-refractivity contribution in [2.24, 2.45) is 5.92 Å². The highest BCUT2D eigenvalue weighted by Crippen LogP contribution is 2.04. The summed E-state index contributed by atoms with van der Waals surface area (Å²) in [5.74, 6) is -0.435. The molecule has 0 spiro atoms. The number of amides is 4. The van der Waals surface area contributed by atoms with E-state index in [2.05, 4.69) is 24.5 Å². The number of ether oxygens (including phenoxy) is 2. The fraction of sp³-hybridized carbons (Fsp3) is 0.700. The van der Waals surface area contributed by atoms with Crippen molar-refractivity contribution in [3.8, 4) is 0 Å². The van der Waals surface area contributed by atoms with Gasteiger partial charge in [0.15, 0.2) is 0 Å². The third kappa shape index (κ3) is 11.4. The Morgan fingerprint density at radius 3 is 2.17 bits per heavy atom. The second-order valence-electron chi connectivity index (χ2n) is 6.89. The molecule has 0 bridgehead atoms. The molecular weight excluding hydrogens is 378 g/mol. The van der Waals surface area contributed by atoms with Crippen LogP contribution in [0.5, 0.6) is 0 Å². The molecule has 0 aromatic carbocycles. The maximum absolute atomic E-state index is 11.7. The van der Waals surface area contributed by atoms with Crippen molar-refractivity contribution in [2.75, 3.05) is 46.1 Å². The van der Waals surface area contributed by atoms with Crippen molar-refractivity contribution < 1.29 is 28.7 Å². The van der Waals surface area contributed by atoms with E-state index >= 15 is 0 Å². The third-order valence-corrected chi connectivity index (χ3v) is 4.53. The molecule has 1 unspecified atom stereocenters. The molecule has 0 saturated heterocycles. The van der Waals surface area contributed by atoms with Gasteiger partial charge >= 0.3 is 0 Å². The lowest BCUT2D eigenvalue weighted by molar-refractivity contribution is -0.137. The van der Waals surface area contributed by atoms with Crippen LogP contribution in [0, 0.1) is 5.92 Å². The van der Waals surface area contributed by atoms with Crippen molar-refractivity contribution in [1.29, 1.82) is 0 Å². The zero-order chi connectivity index (χ0) is 21.5. The summed E-state index contributed by atoms with van der Waals surface area (Å²) in [5, 5.41) is 5.53. The Labute approximate surface area is 172 Å². The lowest BCUT2D eigenvalue weighted by atomic mass is 10.1. The molecule has 0 aliphatic carbocycles. The van der Waals surface area contributed by atoms with Crippen LogP contribution in [-0.2, 0) is 28.7 Å². The molecule has 1 atom stereocenters. The first-order chi connectivity index (χ1) is 13.9. The number of hydrogen-bond acceptors (Lipinski definition) is 6. The molecule has 164 valence electrons. The van der Waals surface area contributed by atoms with Crippen LogP contribution in [0.1, 0.15) is 39.5 Å². The molecule has 0 radical (unpaired) electrons. The molecule has 1 heterocycles. The first kappa shape index (κ1) is 24.8. The van der Waals surface area contributed by atoms with Gasteiger partial charge < -0.3 is 20.1 Å². The van der Waals surface area contributed by atoms with Gasteiger partial charge in [0, 0.05) is 44.6 Å². The lowest BCUT2D eigenvalue weighted by Crippen LogP contribution is -2.35. The lowest BCUT2D eigenvalue weighted by Gasteiger charge is -2.13. The molecule has 1 rings (SSSR count). The van der Waals surface area contributed by atoms with Crippen LogP contribution in [0.3, 0.4) is 0 Å². The van der Waals surface area contributed by atoms with E-state index in [4.69, 9.17) is 9.47 Å². The fourth-order valence-corrected chi connectivity index (χ4v) is 2.45. The largest absolute Gasteiger partial charge is 0.379 e. The molecular formula is C20H33N3O6. The summed E-state index contributed by atoms with van der Waals surface area (Å²) in [4.78, 5) is 47.0. The quantitative estimate of drug-likeness (QED) is 0.281. The van der Waals surface area contributed by atoms with Gasteiger partial charge in [0.1, 0.15) is 0 Å². The van der Waals surface area contributed by atoms with Crippen LogP contribution in [0.2, 0.25) is 0 Å². The number of nitrogens with zero attached hydrogens (tertiary/aromatic N) is 1. The highest BCUT2D eigenvalue weighted by Gasteiger charge is 2.23. The van der Waals surface area contributed by atoms with Crippen LogP contribution >= 0.6 is 0 Å². The van der Waals surface area contributed by atoms with E-state index in [0.29, 0.717) is 51.9 Å². The zero-order valence-electron chi connectivity index (χ0n) is 17.4. The minimum Gasteiger partial charge on any atom is -0.379 e. The van der Waals surface area contributed by atoms with Crippen molar-refractivity contribution in [2.45, 2.75) is 39.5 Å². The van der Waals surface area contributed by atoms with Gasteiger partial charge in [-0.2, -0.15) is 0 Å². The van der Waals surface area contributed by atoms with E-state index < -0.39 is 11.8 Å². The summed E-state index contributed by atoms with van der Waals surface area (Å²) in [6.07, 6.45) is 4.86. The third-order valence-electron chi connectivity index (χ3n) is 4.53. The van der Waals surface area contributed by atoms with E-state index in [9.17, 15) is 19.2 Å². The number of carbonyl (C=O) groups excluding carboxylic acids is 4. The van der Waals surface area contributed by atoms with E-state index in [1.165, 1.54) is 12.2 Å². The van der Waals surface area contributed by atoms with Crippen molar-refractivity contribution >= 4 is 23.6 Å². The van der Waals surface area contributed by atoms with Gasteiger partial charge in [-0.15, -0.1) is 0 Å². The van der Waals surface area contributed by atoms with Crippen LogP contribution in [0.4, 0.5) is 0 Å². The molecule has 1 aliphatic heterocycles. The Hall–Kier alpha value is -2.26. The maximum atomic E-state index is 11.7. The zero-order valence-corrected chi connectivity index (χ0v) is 17.4. The topological polar surface area (TPSA) is 114 Å². The first-order valence-corrected chi connectivity index (χ1v) is 10.2. The molecule has 0 aromatic rings. The second-order valence-corrected chi connectivity index (χ2v) is 6.89. The monoisotopic (exact) mass is 411 g/mol. The minimum absolute atomic E-state index is 0.00922. The molecule has 0 aromatic heterocycles. The molecule has 9 heteroatoms. The number of hydrogen-bond donors (Lipinski definition) is 2. The van der Waals surface area contributed by atoms with Gasteiger partial charge in [0.05, 0.1) is 26.4 Å². The van der Waals surface area contributed by atoms with Gasteiger partial charge in [-0.25, -0.2) is 0 Å². The molecule has 0 fully saturated rings. The Morgan fingerprint density at radius 2 is 1.52 bits per heavy atom. The average Bonchev–Trinajstić information content (AvgIpc) is 3.02. The number of rotatable bonds is 16. The Bertz CT molecular complexity index is 561. The van der Waals surface area contributed by atoms with Crippen LogP contribution < -0.4 is 10.6 Å². The molecule has 2 N–H and O–H groups in total. The van der Waals surface area contributed by atoms with Crippen molar-refractivity contribution in [1.82, 2.24) is 15.5 Å². The molecule has 4 amide bonds. The highest BCUT2D eigenvalue weighted by molar-refractivity contribution is 6.13. The summed E-state index contributed by atoms with van der Waals surface area (Å²) in [6.45, 7) is 6.81. The van der Waals surface area contributed by atoms with Gasteiger partial charge in [0.2, 0.25) is 11.8 Å². The standard InChI is InChI=1S/C20H33N3O6/c1-3-16(2)6-9-21-18(25)8-12-28-14-15-29-13-10-22-17(24)7-11-23-19(26)4-5-20(23)27/h4-5,16H,3,6-15H2,1-2H3,(H,21,25)(H,22,24). The molecule has 9 nitrogen and oxygen atoms in total. The molecule has 0 saturated carbocycles. The van der Waals surface area contributed by atoms with Crippen molar-refractivity contribution in [3.05, 3.63) is 12.2 Å². The van der Waals surface area contributed by atoms with E-state index in [-0.39, 0.29) is 24.8 Å². The normalized spacial score (nSPS) is 14.3. The Balaban J connectivity index is 1.88. The van der Waals surface area contributed by atoms with Crippen molar-refractivity contribution in [3.63, 3.8) is 0 Å². The van der Waals surface area contributed by atoms with Gasteiger partial charge in [-0.05, 0) is 12.3 Å². The minimum atomic E-state index is -0.394. The van der Waals surface area contributed by atoms with Crippen LogP contribution in [0.25, 0.3) is 0 Å². The van der Waals surface area contributed by atoms with Crippen LogP contribution in [0.15, 0.2) is 12.2 Å². The smallest absolute Gasteiger partial charge is 0.253 e. The summed E-state index contributed by atoms with van der Waals surface area (Å²) in [5.41, 5.74) is 0. The van der Waals surface area contributed by atoms with Gasteiger partial charge in [-0.3, -0.25) is 24.1 Å². The SMILES string of the molecule is CCC(C)CCNC(=O)CCOCCOCCNC(=O)CCN1C(=O)C=CC1=O. The highest BCUT2D eigenvalue weighted by atomic mass is 16.5. The summed E-state index contributed by atoms with van der Waals surface area (Å²) < 4.78 is 10.7. The van der Waals surface area contributed by atoms with Crippen LogP contribution in [-0.4, -0.2) is 74.6 Å². The first-order valence-electron chi connectivity index (χ1n) is 10.2. The predicted octanol–water partition coefficient (Wildman–Crippen LogP) is 0.393. The summed E-state index contributed by atoms with van der Waals surface area (Å²) in [7, 11) is 0. The van der Waals surface area contributed by atoms with Gasteiger partial charge in [-0.1, -0.05) is 20.3 Å². The second kappa shape index (κ2) is 14.7. The number of imide groups is 1. The number of carbonyl (C=O) groups is 4. The Kier molecular flexibility index (Phi) is 12.6.